The normalized spacial score (nSPS) is 11.6. The Labute approximate surface area is 174 Å². The van der Waals surface area contributed by atoms with Gasteiger partial charge in [0.25, 0.3) is 5.56 Å². The molecule has 154 valence electrons. The summed E-state index contributed by atoms with van der Waals surface area (Å²) in [6.07, 6.45) is 3.03. The topological polar surface area (TPSA) is 73.2 Å². The number of nitrogens with zero attached hydrogens (tertiary/aromatic N) is 2. The molecule has 0 unspecified atom stereocenters. The molecule has 0 aliphatic carbocycles. The Balaban J connectivity index is 1.50. The first-order chi connectivity index (χ1) is 13.8. The highest BCUT2D eigenvalue weighted by Crippen LogP contribution is 2.24. The van der Waals surface area contributed by atoms with E-state index < -0.39 is 0 Å². The predicted molar refractivity (Wildman–Crippen MR) is 117 cm³/mol. The third-order valence-electron chi connectivity index (χ3n) is 4.63. The Bertz CT molecular complexity index is 1050. The van der Waals surface area contributed by atoms with Crippen molar-refractivity contribution in [2.75, 3.05) is 12.0 Å². The smallest absolute Gasteiger partial charge is 0.280 e. The number of fused-ring (bicyclic) bond motifs is 1. The Kier molecular flexibility index (Phi) is 6.37. The van der Waals surface area contributed by atoms with Crippen LogP contribution in [0.25, 0.3) is 10.2 Å². The van der Waals surface area contributed by atoms with Gasteiger partial charge in [-0.2, -0.15) is 0 Å². The molecule has 0 aliphatic heterocycles. The summed E-state index contributed by atoms with van der Waals surface area (Å²) in [5.74, 6) is 0.541. The summed E-state index contributed by atoms with van der Waals surface area (Å²) in [7, 11) is 0. The van der Waals surface area contributed by atoms with Crippen LogP contribution in [-0.2, 0) is 16.6 Å². The molecule has 3 aromatic rings. The molecule has 2 heterocycles. The van der Waals surface area contributed by atoms with E-state index in [4.69, 9.17) is 4.74 Å². The molecule has 0 aliphatic rings. The number of carbonyl (C=O) groups excluding carboxylic acids is 1. The van der Waals surface area contributed by atoms with E-state index in [0.717, 1.165) is 21.7 Å². The first-order valence-corrected chi connectivity index (χ1v) is 10.6. The van der Waals surface area contributed by atoms with Crippen LogP contribution in [0.5, 0.6) is 5.75 Å². The molecule has 1 aromatic carbocycles. The fourth-order valence-electron chi connectivity index (χ4n) is 2.89. The summed E-state index contributed by atoms with van der Waals surface area (Å²) in [6.45, 7) is 8.97. The Morgan fingerprint density at radius 3 is 2.62 bits per heavy atom. The van der Waals surface area contributed by atoms with Gasteiger partial charge in [-0.3, -0.25) is 15.0 Å². The van der Waals surface area contributed by atoms with Gasteiger partial charge in [0.2, 0.25) is 5.91 Å². The number of rotatable bonds is 7. The number of aromatic nitrogens is 2. The molecule has 0 radical (unpaired) electrons. The molecular formula is C22H27N3O3S. The van der Waals surface area contributed by atoms with Gasteiger partial charge in [0.1, 0.15) is 16.9 Å². The molecule has 1 N–H and O–H groups in total. The van der Waals surface area contributed by atoms with Gasteiger partial charge >= 0.3 is 0 Å². The number of carbonyl (C=O) groups is 1. The van der Waals surface area contributed by atoms with Crippen LogP contribution in [0.2, 0.25) is 0 Å². The number of benzene rings is 1. The van der Waals surface area contributed by atoms with Crippen LogP contribution < -0.4 is 15.7 Å². The minimum absolute atomic E-state index is 0.105. The van der Waals surface area contributed by atoms with Crippen LogP contribution in [-0.4, -0.2) is 22.2 Å². The van der Waals surface area contributed by atoms with E-state index in [9.17, 15) is 9.59 Å². The summed E-state index contributed by atoms with van der Waals surface area (Å²) >= 11 is 1.50. The van der Waals surface area contributed by atoms with Crippen LogP contribution >= 0.6 is 11.3 Å². The van der Waals surface area contributed by atoms with E-state index in [-0.39, 0.29) is 23.3 Å². The average Bonchev–Trinajstić information content (AvgIpc) is 3.11. The van der Waals surface area contributed by atoms with Crippen LogP contribution in [0, 0.1) is 0 Å². The van der Waals surface area contributed by atoms with Crippen molar-refractivity contribution in [2.24, 2.45) is 0 Å². The lowest BCUT2D eigenvalue weighted by atomic mass is 9.87. The lowest BCUT2D eigenvalue weighted by Crippen LogP contribution is -2.33. The van der Waals surface area contributed by atoms with Gasteiger partial charge in [0, 0.05) is 11.3 Å². The van der Waals surface area contributed by atoms with Gasteiger partial charge in [0.05, 0.1) is 12.0 Å². The molecule has 2 aromatic heterocycles. The second-order valence-corrected chi connectivity index (χ2v) is 9.08. The van der Waals surface area contributed by atoms with Crippen molar-refractivity contribution in [1.29, 1.82) is 0 Å². The maximum atomic E-state index is 12.5. The third kappa shape index (κ3) is 5.23. The van der Waals surface area contributed by atoms with Gasteiger partial charge in [0.15, 0.2) is 0 Å². The van der Waals surface area contributed by atoms with Crippen LogP contribution in [0.3, 0.4) is 0 Å². The highest BCUT2D eigenvalue weighted by atomic mass is 32.1. The van der Waals surface area contributed by atoms with Gasteiger partial charge in [-0.05, 0) is 42.0 Å². The fourth-order valence-corrected chi connectivity index (χ4v) is 3.82. The summed E-state index contributed by atoms with van der Waals surface area (Å²) in [6, 6.07) is 9.87. The minimum atomic E-state index is -0.255. The summed E-state index contributed by atoms with van der Waals surface area (Å²) < 4.78 is 6.87. The number of nitrogens with one attached hydrogen (secondary N) is 1. The van der Waals surface area contributed by atoms with E-state index >= 15 is 0 Å². The molecule has 3 rings (SSSR count). The number of ether oxygens (including phenoxy) is 1. The van der Waals surface area contributed by atoms with E-state index in [1.165, 1.54) is 23.2 Å². The number of aryl methyl sites for hydroxylation is 1. The lowest BCUT2D eigenvalue weighted by molar-refractivity contribution is -0.117. The summed E-state index contributed by atoms with van der Waals surface area (Å²) in [5.41, 5.74) is 3.70. The number of hydrogen-bond donors (Lipinski definition) is 1. The molecule has 0 atom stereocenters. The van der Waals surface area contributed by atoms with E-state index in [1.807, 2.05) is 25.1 Å². The Morgan fingerprint density at radius 2 is 1.97 bits per heavy atom. The molecule has 1 amide bonds. The predicted octanol–water partition coefficient (Wildman–Crippen LogP) is 4.25. The number of hydrogen-bond acceptors (Lipinski definition) is 5. The van der Waals surface area contributed by atoms with Crippen molar-refractivity contribution >= 4 is 27.5 Å². The monoisotopic (exact) mass is 413 g/mol. The lowest BCUT2D eigenvalue weighted by Gasteiger charge is -2.19. The van der Waals surface area contributed by atoms with Crippen LogP contribution in [0.15, 0.2) is 41.5 Å². The zero-order chi connectivity index (χ0) is 21.0. The van der Waals surface area contributed by atoms with Gasteiger partial charge in [-0.1, -0.05) is 39.8 Å². The van der Waals surface area contributed by atoms with E-state index in [2.05, 4.69) is 43.3 Å². The third-order valence-corrected chi connectivity index (χ3v) is 5.82. The van der Waals surface area contributed by atoms with Crippen LogP contribution in [0.4, 0.5) is 0 Å². The van der Waals surface area contributed by atoms with Gasteiger partial charge in [-0.15, -0.1) is 11.3 Å². The minimum Gasteiger partial charge on any atom is -0.494 e. The molecule has 0 saturated heterocycles. The maximum absolute atomic E-state index is 12.5. The van der Waals surface area contributed by atoms with Gasteiger partial charge < -0.3 is 4.74 Å². The Hall–Kier alpha value is -2.67. The summed E-state index contributed by atoms with van der Waals surface area (Å²) in [4.78, 5) is 30.7. The van der Waals surface area contributed by atoms with Crippen molar-refractivity contribution < 1.29 is 9.53 Å². The SMILES string of the molecule is CCc1cc2c(=O)n(NC(=O)CCCOc3ccc(C(C)(C)C)cc3)cnc2s1. The summed E-state index contributed by atoms with van der Waals surface area (Å²) in [5, 5.41) is 0.539. The second-order valence-electron chi connectivity index (χ2n) is 7.97. The second kappa shape index (κ2) is 8.78. The standard InChI is InChI=1S/C22H27N3O3S/c1-5-17-13-18-20(29-17)23-14-25(21(18)27)24-19(26)7-6-12-28-16-10-8-15(9-11-16)22(2,3)4/h8-11,13-14H,5-7,12H2,1-4H3,(H,24,26). The molecular weight excluding hydrogens is 386 g/mol. The Morgan fingerprint density at radius 1 is 1.24 bits per heavy atom. The molecule has 29 heavy (non-hydrogen) atoms. The first kappa shape index (κ1) is 21.0. The quantitative estimate of drug-likeness (QED) is 0.588. The van der Waals surface area contributed by atoms with Crippen molar-refractivity contribution in [1.82, 2.24) is 9.66 Å². The molecule has 0 bridgehead atoms. The zero-order valence-electron chi connectivity index (χ0n) is 17.3. The molecule has 6 nitrogen and oxygen atoms in total. The number of amides is 1. The maximum Gasteiger partial charge on any atom is 0.280 e. The molecule has 0 fully saturated rings. The van der Waals surface area contributed by atoms with Crippen molar-refractivity contribution in [3.63, 3.8) is 0 Å². The fraction of sp³-hybridized carbons (Fsp3) is 0.409. The molecule has 0 spiro atoms. The average molecular weight is 414 g/mol. The zero-order valence-corrected chi connectivity index (χ0v) is 18.1. The van der Waals surface area contributed by atoms with Crippen LogP contribution in [0.1, 0.15) is 51.0 Å². The largest absolute Gasteiger partial charge is 0.494 e. The van der Waals surface area contributed by atoms with Crippen molar-refractivity contribution in [2.45, 2.75) is 52.4 Å². The highest BCUT2D eigenvalue weighted by molar-refractivity contribution is 7.18. The molecule has 0 saturated carbocycles. The highest BCUT2D eigenvalue weighted by Gasteiger charge is 2.13. The van der Waals surface area contributed by atoms with Crippen molar-refractivity contribution in [3.8, 4) is 5.75 Å². The van der Waals surface area contributed by atoms with Crippen molar-refractivity contribution in [3.05, 3.63) is 57.5 Å². The van der Waals surface area contributed by atoms with Gasteiger partial charge in [-0.25, -0.2) is 9.66 Å². The number of thiophene rings is 1. The van der Waals surface area contributed by atoms with E-state index in [1.54, 1.807) is 0 Å². The molecule has 7 heteroatoms. The first-order valence-electron chi connectivity index (χ1n) is 9.81. The van der Waals surface area contributed by atoms with E-state index in [0.29, 0.717) is 23.2 Å².